The third-order valence-electron chi connectivity index (χ3n) is 2.53. The smallest absolute Gasteiger partial charge is 0.257 e. The Labute approximate surface area is 125 Å². The third kappa shape index (κ3) is 8.16. The van der Waals surface area contributed by atoms with Gasteiger partial charge in [-0.1, -0.05) is 0 Å². The normalized spacial score (nSPS) is 10.2. The summed E-state index contributed by atoms with van der Waals surface area (Å²) in [6, 6.07) is 7.13. The van der Waals surface area contributed by atoms with Crippen molar-refractivity contribution in [3.63, 3.8) is 0 Å². The van der Waals surface area contributed by atoms with E-state index < -0.39 is 0 Å². The van der Waals surface area contributed by atoms with Gasteiger partial charge in [0.05, 0.1) is 19.8 Å². The van der Waals surface area contributed by atoms with E-state index in [1.807, 2.05) is 6.92 Å². The fraction of sp³-hybridized carbons (Fsp3) is 0.533. The minimum Gasteiger partial charge on any atom is -0.494 e. The molecule has 0 aliphatic carbocycles. The van der Waals surface area contributed by atoms with Crippen molar-refractivity contribution in [3.05, 3.63) is 24.3 Å². The minimum atomic E-state index is -0.175. The fourth-order valence-corrected chi connectivity index (χ4v) is 1.57. The summed E-state index contributed by atoms with van der Waals surface area (Å²) in [4.78, 5) is 11.5. The van der Waals surface area contributed by atoms with Gasteiger partial charge in [0.15, 0.2) is 6.61 Å². The van der Waals surface area contributed by atoms with Gasteiger partial charge < -0.3 is 24.6 Å². The molecule has 1 aromatic rings. The van der Waals surface area contributed by atoms with Crippen molar-refractivity contribution in [2.24, 2.45) is 0 Å². The van der Waals surface area contributed by atoms with E-state index in [-0.39, 0.29) is 19.1 Å². The molecule has 0 radical (unpaired) electrons. The summed E-state index contributed by atoms with van der Waals surface area (Å²) >= 11 is 0. The molecule has 0 fully saturated rings. The van der Waals surface area contributed by atoms with Crippen LogP contribution >= 0.6 is 0 Å². The molecule has 0 aliphatic heterocycles. The van der Waals surface area contributed by atoms with Crippen LogP contribution in [0.15, 0.2) is 24.3 Å². The molecule has 2 N–H and O–H groups in total. The number of carbonyl (C=O) groups excluding carboxylic acids is 1. The molecule has 118 valence electrons. The van der Waals surface area contributed by atoms with Crippen LogP contribution in [-0.2, 0) is 9.53 Å². The Hall–Kier alpha value is -1.79. The molecule has 21 heavy (non-hydrogen) atoms. The predicted molar refractivity (Wildman–Crippen MR) is 78.6 cm³/mol. The number of nitrogens with one attached hydrogen (secondary N) is 1. The van der Waals surface area contributed by atoms with Crippen molar-refractivity contribution in [2.75, 3.05) is 39.6 Å². The highest BCUT2D eigenvalue weighted by Gasteiger charge is 2.02. The summed E-state index contributed by atoms with van der Waals surface area (Å²) in [6.45, 7) is 3.90. The van der Waals surface area contributed by atoms with Crippen LogP contribution < -0.4 is 14.8 Å². The zero-order chi connectivity index (χ0) is 15.3. The van der Waals surface area contributed by atoms with Crippen LogP contribution in [0.4, 0.5) is 0 Å². The van der Waals surface area contributed by atoms with Gasteiger partial charge in [-0.05, 0) is 37.6 Å². The Morgan fingerprint density at radius 2 is 1.81 bits per heavy atom. The van der Waals surface area contributed by atoms with Crippen LogP contribution in [0.3, 0.4) is 0 Å². The average molecular weight is 297 g/mol. The first-order valence-corrected chi connectivity index (χ1v) is 7.07. The summed E-state index contributed by atoms with van der Waals surface area (Å²) in [5, 5.41) is 11.2. The van der Waals surface area contributed by atoms with Gasteiger partial charge in [-0.2, -0.15) is 0 Å². The quantitative estimate of drug-likeness (QED) is 0.595. The molecule has 1 aromatic carbocycles. The third-order valence-corrected chi connectivity index (χ3v) is 2.53. The van der Waals surface area contributed by atoms with E-state index in [9.17, 15) is 4.79 Å². The van der Waals surface area contributed by atoms with Gasteiger partial charge in [0.25, 0.3) is 5.91 Å². The van der Waals surface area contributed by atoms with Crippen LogP contribution in [0, 0.1) is 0 Å². The molecular formula is C15H23NO5. The second-order valence-corrected chi connectivity index (χ2v) is 4.23. The molecular weight excluding hydrogens is 274 g/mol. The van der Waals surface area contributed by atoms with Gasteiger partial charge in [0.1, 0.15) is 11.5 Å². The number of aliphatic hydroxyl groups is 1. The lowest BCUT2D eigenvalue weighted by Crippen LogP contribution is -2.30. The van der Waals surface area contributed by atoms with Crippen LogP contribution in [0.1, 0.15) is 13.3 Å². The van der Waals surface area contributed by atoms with Crippen LogP contribution in [0.5, 0.6) is 11.5 Å². The number of rotatable bonds is 11. The molecule has 1 amide bonds. The largest absolute Gasteiger partial charge is 0.494 e. The van der Waals surface area contributed by atoms with E-state index >= 15 is 0 Å². The van der Waals surface area contributed by atoms with Crippen molar-refractivity contribution in [2.45, 2.75) is 13.3 Å². The summed E-state index contributed by atoms with van der Waals surface area (Å²) < 4.78 is 15.8. The molecule has 6 nitrogen and oxygen atoms in total. The lowest BCUT2D eigenvalue weighted by molar-refractivity contribution is -0.123. The number of hydrogen-bond donors (Lipinski definition) is 2. The second kappa shape index (κ2) is 10.9. The van der Waals surface area contributed by atoms with E-state index in [0.29, 0.717) is 38.5 Å². The zero-order valence-corrected chi connectivity index (χ0v) is 12.3. The minimum absolute atomic E-state index is 0.0162. The van der Waals surface area contributed by atoms with E-state index in [1.54, 1.807) is 24.3 Å². The Morgan fingerprint density at radius 3 is 2.43 bits per heavy atom. The Kier molecular flexibility index (Phi) is 8.99. The molecule has 0 heterocycles. The molecule has 1 rings (SSSR count). The highest BCUT2D eigenvalue weighted by atomic mass is 16.5. The summed E-state index contributed by atoms with van der Waals surface area (Å²) in [7, 11) is 0. The molecule has 0 bridgehead atoms. The number of aliphatic hydroxyl groups excluding tert-OH is 1. The van der Waals surface area contributed by atoms with E-state index in [1.165, 1.54) is 0 Å². The number of ether oxygens (including phenoxy) is 3. The van der Waals surface area contributed by atoms with Crippen molar-refractivity contribution in [1.82, 2.24) is 5.32 Å². The molecule has 0 aromatic heterocycles. The Balaban J connectivity index is 2.12. The maximum Gasteiger partial charge on any atom is 0.257 e. The highest BCUT2D eigenvalue weighted by Crippen LogP contribution is 2.17. The second-order valence-electron chi connectivity index (χ2n) is 4.23. The van der Waals surface area contributed by atoms with E-state index in [0.717, 1.165) is 5.75 Å². The highest BCUT2D eigenvalue weighted by molar-refractivity contribution is 5.77. The number of amides is 1. The van der Waals surface area contributed by atoms with Gasteiger partial charge in [-0.3, -0.25) is 4.79 Å². The van der Waals surface area contributed by atoms with Crippen LogP contribution in [-0.4, -0.2) is 50.6 Å². The summed E-state index contributed by atoms with van der Waals surface area (Å²) in [6.07, 6.45) is 0.703. The SMILES string of the molecule is CCOc1ccc(OCC(=O)NCCCOCCO)cc1. The average Bonchev–Trinajstić information content (AvgIpc) is 2.50. The lowest BCUT2D eigenvalue weighted by atomic mass is 10.3. The van der Waals surface area contributed by atoms with Gasteiger partial charge in [0.2, 0.25) is 0 Å². The number of carbonyl (C=O) groups is 1. The van der Waals surface area contributed by atoms with E-state index in [2.05, 4.69) is 5.32 Å². The molecule has 0 saturated heterocycles. The molecule has 0 unspecified atom stereocenters. The maximum atomic E-state index is 11.5. The maximum absolute atomic E-state index is 11.5. The monoisotopic (exact) mass is 297 g/mol. The first kappa shape index (κ1) is 17.3. The fourth-order valence-electron chi connectivity index (χ4n) is 1.57. The van der Waals surface area contributed by atoms with Gasteiger partial charge >= 0.3 is 0 Å². The number of benzene rings is 1. The van der Waals surface area contributed by atoms with Crippen LogP contribution in [0.2, 0.25) is 0 Å². The first-order chi connectivity index (χ1) is 10.3. The molecule has 0 atom stereocenters. The number of hydrogen-bond acceptors (Lipinski definition) is 5. The Morgan fingerprint density at radius 1 is 1.14 bits per heavy atom. The Bertz CT molecular complexity index is 394. The molecule has 0 aliphatic rings. The first-order valence-electron chi connectivity index (χ1n) is 7.07. The van der Waals surface area contributed by atoms with Gasteiger partial charge in [0, 0.05) is 13.2 Å². The van der Waals surface area contributed by atoms with Crippen molar-refractivity contribution in [1.29, 1.82) is 0 Å². The molecule has 0 saturated carbocycles. The summed E-state index contributed by atoms with van der Waals surface area (Å²) in [5.41, 5.74) is 0. The summed E-state index contributed by atoms with van der Waals surface area (Å²) in [5.74, 6) is 1.23. The zero-order valence-electron chi connectivity index (χ0n) is 12.3. The van der Waals surface area contributed by atoms with Crippen molar-refractivity contribution >= 4 is 5.91 Å². The predicted octanol–water partition coefficient (Wildman–Crippen LogP) is 0.979. The van der Waals surface area contributed by atoms with Crippen molar-refractivity contribution < 1.29 is 24.1 Å². The molecule has 6 heteroatoms. The van der Waals surface area contributed by atoms with Crippen LogP contribution in [0.25, 0.3) is 0 Å². The van der Waals surface area contributed by atoms with Gasteiger partial charge in [-0.25, -0.2) is 0 Å². The lowest BCUT2D eigenvalue weighted by Gasteiger charge is -2.08. The molecule has 0 spiro atoms. The topological polar surface area (TPSA) is 77.0 Å². The van der Waals surface area contributed by atoms with Crippen molar-refractivity contribution in [3.8, 4) is 11.5 Å². The standard InChI is InChI=1S/C15H23NO5/c1-2-20-13-4-6-14(7-5-13)21-12-15(18)16-8-3-10-19-11-9-17/h4-7,17H,2-3,8-12H2,1H3,(H,16,18). The van der Waals surface area contributed by atoms with E-state index in [4.69, 9.17) is 19.3 Å². The van der Waals surface area contributed by atoms with Gasteiger partial charge in [-0.15, -0.1) is 0 Å².